The van der Waals surface area contributed by atoms with E-state index >= 15 is 0 Å². The molecule has 0 aliphatic heterocycles. The number of benzene rings is 2. The summed E-state index contributed by atoms with van der Waals surface area (Å²) in [6, 6.07) is 17.2. The van der Waals surface area contributed by atoms with Gasteiger partial charge in [0.2, 0.25) is 0 Å². The van der Waals surface area contributed by atoms with Gasteiger partial charge in [0.25, 0.3) is 0 Å². The molecule has 0 radical (unpaired) electrons. The number of fused-ring (bicyclic) bond motifs is 1. The Morgan fingerprint density at radius 1 is 1.14 bits per heavy atom. The van der Waals surface area contributed by atoms with Crippen LogP contribution in [0.2, 0.25) is 0 Å². The van der Waals surface area contributed by atoms with Gasteiger partial charge in [-0.25, -0.2) is 0 Å². The Kier molecular flexibility index (Phi) is 6.52. The molecular formula is C23H28N4OS. The summed E-state index contributed by atoms with van der Waals surface area (Å²) in [4.78, 5) is 0. The zero-order valence-electron chi connectivity index (χ0n) is 17.1. The first-order chi connectivity index (χ1) is 14.3. The van der Waals surface area contributed by atoms with Crippen LogP contribution < -0.4 is 10.1 Å². The van der Waals surface area contributed by atoms with Crippen LogP contribution in [-0.4, -0.2) is 40.2 Å². The highest BCUT2D eigenvalue weighted by Crippen LogP contribution is 2.29. The first kappa shape index (κ1) is 20.0. The van der Waals surface area contributed by atoms with Crippen molar-refractivity contribution in [1.82, 2.24) is 20.1 Å². The van der Waals surface area contributed by atoms with E-state index in [1.165, 1.54) is 17.5 Å². The number of thioether (sulfide) groups is 1. The Hall–Kier alpha value is -2.31. The largest absolute Gasteiger partial charge is 0.496 e. The number of nitrogens with zero attached hydrogens (tertiary/aromatic N) is 3. The Morgan fingerprint density at radius 2 is 2.00 bits per heavy atom. The fourth-order valence-corrected chi connectivity index (χ4v) is 4.81. The number of nitrogens with one attached hydrogen (secondary N) is 1. The number of methoxy groups -OCH3 is 1. The number of aromatic nitrogens is 3. The van der Waals surface area contributed by atoms with Gasteiger partial charge in [0.05, 0.1) is 7.11 Å². The molecule has 0 bridgehead atoms. The highest BCUT2D eigenvalue weighted by molar-refractivity contribution is 7.99. The Morgan fingerprint density at radius 3 is 2.83 bits per heavy atom. The molecule has 1 aliphatic rings. The van der Waals surface area contributed by atoms with Crippen LogP contribution in [0.25, 0.3) is 11.4 Å². The second-order valence-electron chi connectivity index (χ2n) is 7.43. The molecule has 4 rings (SSSR count). The van der Waals surface area contributed by atoms with Gasteiger partial charge in [-0.1, -0.05) is 54.2 Å². The molecule has 0 saturated heterocycles. The van der Waals surface area contributed by atoms with Gasteiger partial charge >= 0.3 is 0 Å². The minimum absolute atomic E-state index is 0.555. The van der Waals surface area contributed by atoms with Gasteiger partial charge in [-0.15, -0.1) is 10.2 Å². The van der Waals surface area contributed by atoms with E-state index in [9.17, 15) is 0 Å². The molecule has 0 amide bonds. The third-order valence-electron chi connectivity index (χ3n) is 5.51. The highest BCUT2D eigenvalue weighted by atomic mass is 32.2. The van der Waals surface area contributed by atoms with E-state index in [0.717, 1.165) is 53.9 Å². The molecule has 0 fully saturated rings. The molecule has 0 saturated carbocycles. The molecule has 0 spiro atoms. The first-order valence-corrected chi connectivity index (χ1v) is 11.2. The smallest absolute Gasteiger partial charge is 0.191 e. The summed E-state index contributed by atoms with van der Waals surface area (Å²) in [5.41, 5.74) is 3.92. The van der Waals surface area contributed by atoms with E-state index in [1.807, 2.05) is 25.2 Å². The van der Waals surface area contributed by atoms with Crippen LogP contribution in [0.15, 0.2) is 53.7 Å². The third-order valence-corrected chi connectivity index (χ3v) is 6.62. The summed E-state index contributed by atoms with van der Waals surface area (Å²) in [5.74, 6) is 2.99. The summed E-state index contributed by atoms with van der Waals surface area (Å²) in [5, 5.41) is 13.4. The Labute approximate surface area is 176 Å². The topological polar surface area (TPSA) is 52.0 Å². The summed E-state index contributed by atoms with van der Waals surface area (Å²) >= 11 is 1.78. The third kappa shape index (κ3) is 4.65. The molecule has 1 aromatic heterocycles. The van der Waals surface area contributed by atoms with E-state index < -0.39 is 0 Å². The van der Waals surface area contributed by atoms with Crippen molar-refractivity contribution in [2.24, 2.45) is 7.05 Å². The van der Waals surface area contributed by atoms with Crippen LogP contribution in [0, 0.1) is 0 Å². The summed E-state index contributed by atoms with van der Waals surface area (Å²) in [6.45, 7) is 1.03. The van der Waals surface area contributed by atoms with E-state index in [1.54, 1.807) is 18.9 Å². The van der Waals surface area contributed by atoms with Gasteiger partial charge in [0.15, 0.2) is 11.0 Å². The predicted molar refractivity (Wildman–Crippen MR) is 119 cm³/mol. The lowest BCUT2D eigenvalue weighted by Gasteiger charge is -2.26. The molecule has 1 atom stereocenters. The number of rotatable bonds is 8. The molecule has 29 heavy (non-hydrogen) atoms. The van der Waals surface area contributed by atoms with Gasteiger partial charge in [-0.05, 0) is 49.4 Å². The van der Waals surface area contributed by atoms with Crippen molar-refractivity contribution in [2.75, 3.05) is 19.4 Å². The van der Waals surface area contributed by atoms with Crippen molar-refractivity contribution >= 4 is 11.8 Å². The van der Waals surface area contributed by atoms with Crippen LogP contribution in [0.5, 0.6) is 5.75 Å². The molecule has 1 unspecified atom stereocenters. The first-order valence-electron chi connectivity index (χ1n) is 10.2. The van der Waals surface area contributed by atoms with E-state index in [0.29, 0.717) is 6.04 Å². The molecule has 152 valence electrons. The number of ether oxygens (including phenoxy) is 1. The highest BCUT2D eigenvalue weighted by Gasteiger charge is 2.20. The maximum absolute atomic E-state index is 5.51. The minimum atomic E-state index is 0.555. The molecule has 1 aliphatic carbocycles. The van der Waals surface area contributed by atoms with Gasteiger partial charge in [-0.3, -0.25) is 0 Å². The van der Waals surface area contributed by atoms with Crippen LogP contribution >= 0.6 is 11.8 Å². The second kappa shape index (κ2) is 9.46. The maximum atomic E-state index is 5.51. The fourth-order valence-electron chi connectivity index (χ4n) is 3.96. The molecule has 1 heterocycles. The second-order valence-corrected chi connectivity index (χ2v) is 8.49. The SMILES string of the molecule is COc1cccc2c1CCC(NCCCSc1nnc(-c3ccccc3)n1C)C2. The zero-order valence-corrected chi connectivity index (χ0v) is 17.9. The van der Waals surface area contributed by atoms with E-state index in [2.05, 4.69) is 50.4 Å². The van der Waals surface area contributed by atoms with Gasteiger partial charge < -0.3 is 14.6 Å². The van der Waals surface area contributed by atoms with Crippen molar-refractivity contribution in [1.29, 1.82) is 0 Å². The van der Waals surface area contributed by atoms with Crippen molar-refractivity contribution in [3.05, 3.63) is 59.7 Å². The van der Waals surface area contributed by atoms with Crippen molar-refractivity contribution in [2.45, 2.75) is 36.9 Å². The summed E-state index contributed by atoms with van der Waals surface area (Å²) in [7, 11) is 3.80. The van der Waals surface area contributed by atoms with Crippen LogP contribution in [-0.2, 0) is 19.9 Å². The number of hydrogen-bond donors (Lipinski definition) is 1. The van der Waals surface area contributed by atoms with Crippen LogP contribution in [0.1, 0.15) is 24.0 Å². The van der Waals surface area contributed by atoms with Crippen molar-refractivity contribution in [3.63, 3.8) is 0 Å². The van der Waals surface area contributed by atoms with Crippen LogP contribution in [0.4, 0.5) is 0 Å². The molecule has 2 aromatic carbocycles. The van der Waals surface area contributed by atoms with Crippen molar-refractivity contribution < 1.29 is 4.74 Å². The fraction of sp³-hybridized carbons (Fsp3) is 0.391. The Balaban J connectivity index is 1.22. The van der Waals surface area contributed by atoms with Crippen LogP contribution in [0.3, 0.4) is 0 Å². The standard InChI is InChI=1S/C23H28N4OS/c1-27-22(17-8-4-3-5-9-17)25-26-23(27)29-15-7-14-24-19-12-13-20-18(16-19)10-6-11-21(20)28-2/h3-6,8-11,19,24H,7,12-16H2,1-2H3. The molecule has 1 N–H and O–H groups in total. The quantitative estimate of drug-likeness (QED) is 0.449. The molecule has 3 aromatic rings. The lowest BCUT2D eigenvalue weighted by atomic mass is 9.87. The van der Waals surface area contributed by atoms with Gasteiger partial charge in [0, 0.05) is 24.4 Å². The lowest BCUT2D eigenvalue weighted by molar-refractivity contribution is 0.397. The number of hydrogen-bond acceptors (Lipinski definition) is 5. The monoisotopic (exact) mass is 408 g/mol. The zero-order chi connectivity index (χ0) is 20.1. The predicted octanol–water partition coefficient (Wildman–Crippen LogP) is 4.12. The molecular weight excluding hydrogens is 380 g/mol. The molecule has 6 heteroatoms. The maximum Gasteiger partial charge on any atom is 0.191 e. The average molecular weight is 409 g/mol. The van der Waals surface area contributed by atoms with Gasteiger partial charge in [0.1, 0.15) is 5.75 Å². The van der Waals surface area contributed by atoms with E-state index in [4.69, 9.17) is 4.74 Å². The Bertz CT molecular complexity index is 941. The molecule has 5 nitrogen and oxygen atoms in total. The lowest BCUT2D eigenvalue weighted by Crippen LogP contribution is -2.35. The summed E-state index contributed by atoms with van der Waals surface area (Å²) < 4.78 is 7.59. The van der Waals surface area contributed by atoms with Gasteiger partial charge in [-0.2, -0.15) is 0 Å². The summed E-state index contributed by atoms with van der Waals surface area (Å²) in [6.07, 6.45) is 4.46. The van der Waals surface area contributed by atoms with Crippen molar-refractivity contribution in [3.8, 4) is 17.1 Å². The average Bonchev–Trinajstić information content (AvgIpc) is 3.13. The van der Waals surface area contributed by atoms with E-state index in [-0.39, 0.29) is 0 Å². The minimum Gasteiger partial charge on any atom is -0.496 e. The normalized spacial score (nSPS) is 15.9.